The first kappa shape index (κ1) is 17.5. The van der Waals surface area contributed by atoms with Crippen molar-refractivity contribution < 1.29 is 24.9 Å². The third kappa shape index (κ3) is 3.04. The van der Waals surface area contributed by atoms with E-state index in [0.29, 0.717) is 16.7 Å². The Morgan fingerprint density at radius 1 is 1.15 bits per heavy atom. The van der Waals surface area contributed by atoms with E-state index in [9.17, 15) is 20.1 Å². The standard InChI is InChI=1S/C17H17N5O5/c23-6-10-12(24)13(25)17(27-10)22-8-20-11-14(18-7-19-15(11)22)21-16(26)9-4-2-1-3-5-9/h1-5,7-8,10,12-13,17,23-25H,6H2,(H,18,19,21,26). The number of amides is 1. The molecule has 1 aliphatic rings. The normalized spacial score (nSPS) is 25.0. The van der Waals surface area contributed by atoms with Crippen LogP contribution in [-0.2, 0) is 4.74 Å². The molecule has 0 spiro atoms. The van der Waals surface area contributed by atoms with Crippen LogP contribution in [0.2, 0.25) is 0 Å². The third-order valence-electron chi connectivity index (χ3n) is 4.42. The lowest BCUT2D eigenvalue weighted by atomic mass is 10.1. The monoisotopic (exact) mass is 371 g/mol. The number of benzene rings is 1. The molecule has 1 aromatic carbocycles. The molecule has 1 saturated heterocycles. The van der Waals surface area contributed by atoms with Crippen LogP contribution >= 0.6 is 0 Å². The molecular formula is C17H17N5O5. The maximum absolute atomic E-state index is 12.4. The van der Waals surface area contributed by atoms with Crippen LogP contribution in [0.5, 0.6) is 0 Å². The highest BCUT2D eigenvalue weighted by molar-refractivity contribution is 6.06. The molecule has 1 fully saturated rings. The summed E-state index contributed by atoms with van der Waals surface area (Å²) in [5, 5.41) is 32.1. The van der Waals surface area contributed by atoms with Gasteiger partial charge in [0.2, 0.25) is 0 Å². The number of aliphatic hydroxyl groups is 3. The zero-order valence-electron chi connectivity index (χ0n) is 14.0. The molecule has 1 aliphatic heterocycles. The van der Waals surface area contributed by atoms with E-state index in [0.717, 1.165) is 0 Å². The van der Waals surface area contributed by atoms with Gasteiger partial charge in [0.15, 0.2) is 23.2 Å². The van der Waals surface area contributed by atoms with Crippen molar-refractivity contribution in [2.24, 2.45) is 0 Å². The largest absolute Gasteiger partial charge is 0.394 e. The van der Waals surface area contributed by atoms with Crippen LogP contribution in [0.4, 0.5) is 5.82 Å². The summed E-state index contributed by atoms with van der Waals surface area (Å²) >= 11 is 0. The van der Waals surface area contributed by atoms with Crippen LogP contribution in [0.15, 0.2) is 43.0 Å². The summed E-state index contributed by atoms with van der Waals surface area (Å²) in [6.07, 6.45) is -1.77. The topological polar surface area (TPSA) is 143 Å². The van der Waals surface area contributed by atoms with Gasteiger partial charge in [0.1, 0.15) is 24.6 Å². The minimum atomic E-state index is -1.27. The summed E-state index contributed by atoms with van der Waals surface area (Å²) in [6, 6.07) is 8.65. The first-order chi connectivity index (χ1) is 13.1. The van der Waals surface area contributed by atoms with E-state index in [-0.39, 0.29) is 11.7 Å². The van der Waals surface area contributed by atoms with Gasteiger partial charge in [0.05, 0.1) is 12.9 Å². The molecule has 27 heavy (non-hydrogen) atoms. The smallest absolute Gasteiger partial charge is 0.256 e. The quantitative estimate of drug-likeness (QED) is 0.489. The summed E-state index contributed by atoms with van der Waals surface area (Å²) in [7, 11) is 0. The average molecular weight is 371 g/mol. The number of hydrogen-bond acceptors (Lipinski definition) is 8. The molecule has 4 unspecified atom stereocenters. The van der Waals surface area contributed by atoms with Crippen molar-refractivity contribution in [1.82, 2.24) is 19.5 Å². The van der Waals surface area contributed by atoms with E-state index in [2.05, 4.69) is 20.3 Å². The van der Waals surface area contributed by atoms with Crippen LogP contribution in [0, 0.1) is 0 Å². The van der Waals surface area contributed by atoms with Crippen LogP contribution in [0.1, 0.15) is 16.6 Å². The fourth-order valence-corrected chi connectivity index (χ4v) is 3.01. The van der Waals surface area contributed by atoms with Crippen molar-refractivity contribution in [3.8, 4) is 0 Å². The van der Waals surface area contributed by atoms with Crippen molar-refractivity contribution in [3.05, 3.63) is 48.5 Å². The predicted octanol–water partition coefficient (Wildman–Crippen LogP) is -0.310. The number of aliphatic hydroxyl groups excluding tert-OH is 3. The van der Waals surface area contributed by atoms with Gasteiger partial charge in [-0.15, -0.1) is 0 Å². The Bertz CT molecular complexity index is 963. The van der Waals surface area contributed by atoms with Gasteiger partial charge in [0, 0.05) is 5.56 Å². The molecular weight excluding hydrogens is 354 g/mol. The first-order valence-corrected chi connectivity index (χ1v) is 8.26. The Balaban J connectivity index is 1.65. The molecule has 10 heteroatoms. The van der Waals surface area contributed by atoms with Crippen molar-refractivity contribution in [3.63, 3.8) is 0 Å². The highest BCUT2D eigenvalue weighted by Crippen LogP contribution is 2.32. The van der Waals surface area contributed by atoms with Gasteiger partial charge in [-0.2, -0.15) is 0 Å². The molecule has 4 N–H and O–H groups in total. The number of hydrogen-bond donors (Lipinski definition) is 4. The van der Waals surface area contributed by atoms with E-state index in [4.69, 9.17) is 4.74 Å². The van der Waals surface area contributed by atoms with E-state index in [1.807, 2.05) is 6.07 Å². The van der Waals surface area contributed by atoms with Gasteiger partial charge in [-0.05, 0) is 12.1 Å². The minimum Gasteiger partial charge on any atom is -0.394 e. The number of nitrogens with zero attached hydrogens (tertiary/aromatic N) is 4. The van der Waals surface area contributed by atoms with Gasteiger partial charge < -0.3 is 25.4 Å². The Kier molecular flexibility index (Phi) is 4.54. The van der Waals surface area contributed by atoms with Crippen LogP contribution in [-0.4, -0.2) is 65.7 Å². The molecule has 3 aromatic rings. The third-order valence-corrected chi connectivity index (χ3v) is 4.42. The van der Waals surface area contributed by atoms with Crippen molar-refractivity contribution in [2.75, 3.05) is 11.9 Å². The number of imidazole rings is 1. The second-order valence-electron chi connectivity index (χ2n) is 6.10. The van der Waals surface area contributed by atoms with Crippen LogP contribution in [0.25, 0.3) is 11.2 Å². The molecule has 4 rings (SSSR count). The molecule has 4 atom stereocenters. The first-order valence-electron chi connectivity index (χ1n) is 8.26. The fraction of sp³-hybridized carbons (Fsp3) is 0.294. The van der Waals surface area contributed by atoms with Crippen molar-refractivity contribution in [1.29, 1.82) is 0 Å². The average Bonchev–Trinajstić information content (AvgIpc) is 3.25. The Morgan fingerprint density at radius 3 is 2.63 bits per heavy atom. The summed E-state index contributed by atoms with van der Waals surface area (Å²) in [5.74, 6) is -0.141. The minimum absolute atomic E-state index is 0.208. The highest BCUT2D eigenvalue weighted by Gasteiger charge is 2.44. The molecule has 10 nitrogen and oxygen atoms in total. The Hall–Kier alpha value is -2.92. The lowest BCUT2D eigenvalue weighted by molar-refractivity contribution is -0.0511. The van der Waals surface area contributed by atoms with E-state index in [1.165, 1.54) is 17.2 Å². The zero-order chi connectivity index (χ0) is 19.0. The Morgan fingerprint density at radius 2 is 1.93 bits per heavy atom. The second kappa shape index (κ2) is 7.00. The number of rotatable bonds is 4. The van der Waals surface area contributed by atoms with Crippen molar-refractivity contribution in [2.45, 2.75) is 24.5 Å². The van der Waals surface area contributed by atoms with Gasteiger partial charge in [-0.3, -0.25) is 9.36 Å². The summed E-state index contributed by atoms with van der Waals surface area (Å²) in [5.41, 5.74) is 1.08. The lowest BCUT2D eigenvalue weighted by Crippen LogP contribution is -2.33. The van der Waals surface area contributed by atoms with E-state index >= 15 is 0 Å². The molecule has 0 bridgehead atoms. The van der Waals surface area contributed by atoms with Crippen LogP contribution < -0.4 is 5.32 Å². The molecule has 0 aliphatic carbocycles. The van der Waals surface area contributed by atoms with Gasteiger partial charge in [0.25, 0.3) is 5.91 Å². The molecule has 2 aromatic heterocycles. The zero-order valence-corrected chi connectivity index (χ0v) is 14.0. The van der Waals surface area contributed by atoms with E-state index in [1.54, 1.807) is 24.3 Å². The number of fused-ring (bicyclic) bond motifs is 1. The summed E-state index contributed by atoms with van der Waals surface area (Å²) in [4.78, 5) is 24.8. The van der Waals surface area contributed by atoms with Gasteiger partial charge >= 0.3 is 0 Å². The lowest BCUT2D eigenvalue weighted by Gasteiger charge is -2.16. The van der Waals surface area contributed by atoms with Gasteiger partial charge in [-0.1, -0.05) is 18.2 Å². The molecule has 1 amide bonds. The Labute approximate surface area is 153 Å². The fourth-order valence-electron chi connectivity index (χ4n) is 3.01. The van der Waals surface area contributed by atoms with Crippen LogP contribution in [0.3, 0.4) is 0 Å². The molecule has 0 saturated carbocycles. The van der Waals surface area contributed by atoms with Crippen molar-refractivity contribution >= 4 is 22.9 Å². The van der Waals surface area contributed by atoms with Gasteiger partial charge in [-0.25, -0.2) is 15.0 Å². The van der Waals surface area contributed by atoms with E-state index < -0.39 is 31.1 Å². The number of aromatic nitrogens is 4. The molecule has 140 valence electrons. The highest BCUT2D eigenvalue weighted by atomic mass is 16.6. The number of carbonyl (C=O) groups excluding carboxylic acids is 1. The number of carbonyl (C=O) groups is 1. The molecule has 0 radical (unpaired) electrons. The summed E-state index contributed by atoms with van der Waals surface area (Å²) in [6.45, 7) is -0.436. The SMILES string of the molecule is O=C(Nc1ncnc2c1ncn2C1OC(CO)C(O)C1O)c1ccccc1. The number of nitrogens with one attached hydrogen (secondary N) is 1. The number of anilines is 1. The molecule has 3 heterocycles. The predicted molar refractivity (Wildman–Crippen MR) is 92.7 cm³/mol. The number of ether oxygens (including phenoxy) is 1. The maximum Gasteiger partial charge on any atom is 0.256 e. The summed E-state index contributed by atoms with van der Waals surface area (Å²) < 4.78 is 6.93. The maximum atomic E-state index is 12.4. The second-order valence-corrected chi connectivity index (χ2v) is 6.10.